The number of rotatable bonds is 2. The van der Waals surface area contributed by atoms with Crippen LogP contribution in [0.25, 0.3) is 16.8 Å². The number of ether oxygens (including phenoxy) is 1. The summed E-state index contributed by atoms with van der Waals surface area (Å²) >= 11 is 1.61. The summed E-state index contributed by atoms with van der Waals surface area (Å²) in [6.45, 7) is 1.90. The molecule has 19 heavy (non-hydrogen) atoms. The van der Waals surface area contributed by atoms with Crippen molar-refractivity contribution in [3.8, 4) is 11.3 Å². The zero-order chi connectivity index (χ0) is 13.4. The second kappa shape index (κ2) is 4.47. The lowest BCUT2D eigenvalue weighted by atomic mass is 10.2. The lowest BCUT2D eigenvalue weighted by Crippen LogP contribution is -2.02. The molecular weight excluding hydrogens is 262 g/mol. The van der Waals surface area contributed by atoms with Gasteiger partial charge in [-0.1, -0.05) is 0 Å². The summed E-state index contributed by atoms with van der Waals surface area (Å²) in [5.41, 5.74) is 3.77. The van der Waals surface area contributed by atoms with E-state index in [1.165, 1.54) is 7.11 Å². The van der Waals surface area contributed by atoms with E-state index in [4.69, 9.17) is 4.74 Å². The average molecular weight is 273 g/mol. The van der Waals surface area contributed by atoms with E-state index in [1.54, 1.807) is 28.1 Å². The van der Waals surface area contributed by atoms with Crippen LogP contribution in [-0.2, 0) is 4.74 Å². The van der Waals surface area contributed by atoms with Crippen molar-refractivity contribution in [2.45, 2.75) is 6.92 Å². The topological polar surface area (TPSA) is 56.5 Å². The van der Waals surface area contributed by atoms with Gasteiger partial charge in [0.1, 0.15) is 0 Å². The minimum absolute atomic E-state index is 0.284. The Morgan fingerprint density at radius 1 is 1.47 bits per heavy atom. The van der Waals surface area contributed by atoms with Gasteiger partial charge in [-0.2, -0.15) is 16.4 Å². The summed E-state index contributed by atoms with van der Waals surface area (Å²) in [6.07, 6.45) is 1.79. The normalized spacial score (nSPS) is 10.8. The molecule has 0 unspecified atom stereocenters. The first-order chi connectivity index (χ1) is 9.19. The fraction of sp³-hybridized carbons (Fsp3) is 0.154. The Bertz CT molecular complexity index is 747. The molecule has 96 valence electrons. The molecule has 0 amide bonds. The molecule has 0 saturated carbocycles. The molecule has 0 bridgehead atoms. The van der Waals surface area contributed by atoms with Gasteiger partial charge < -0.3 is 4.74 Å². The van der Waals surface area contributed by atoms with Gasteiger partial charge in [0.25, 0.3) is 0 Å². The molecule has 0 aromatic carbocycles. The summed E-state index contributed by atoms with van der Waals surface area (Å²) in [7, 11) is 1.34. The Morgan fingerprint density at radius 3 is 3.00 bits per heavy atom. The van der Waals surface area contributed by atoms with Crippen molar-refractivity contribution in [2.75, 3.05) is 7.11 Å². The summed E-state index contributed by atoms with van der Waals surface area (Å²) in [5.74, 6) is -0.447. The van der Waals surface area contributed by atoms with Crippen molar-refractivity contribution in [3.05, 3.63) is 40.5 Å². The number of carbonyl (C=O) groups excluding carboxylic acids is 1. The van der Waals surface area contributed by atoms with Crippen LogP contribution in [0.1, 0.15) is 16.2 Å². The first-order valence-electron chi connectivity index (χ1n) is 5.67. The predicted molar refractivity (Wildman–Crippen MR) is 72.4 cm³/mol. The first-order valence-corrected chi connectivity index (χ1v) is 6.61. The Labute approximate surface area is 113 Å². The highest BCUT2D eigenvalue weighted by atomic mass is 32.1. The lowest BCUT2D eigenvalue weighted by molar-refractivity contribution is 0.0593. The van der Waals surface area contributed by atoms with E-state index >= 15 is 0 Å². The maximum absolute atomic E-state index is 11.5. The fourth-order valence-electron chi connectivity index (χ4n) is 1.93. The molecule has 0 aliphatic heterocycles. The summed E-state index contributed by atoms with van der Waals surface area (Å²) in [6, 6.07) is 3.70. The average Bonchev–Trinajstić information content (AvgIpc) is 3.05. The van der Waals surface area contributed by atoms with Crippen LogP contribution in [0.2, 0.25) is 0 Å². The number of esters is 1. The molecule has 6 heteroatoms. The van der Waals surface area contributed by atoms with Crippen LogP contribution in [0.15, 0.2) is 29.1 Å². The van der Waals surface area contributed by atoms with E-state index < -0.39 is 5.97 Å². The van der Waals surface area contributed by atoms with Crippen LogP contribution in [-0.4, -0.2) is 27.7 Å². The summed E-state index contributed by atoms with van der Waals surface area (Å²) < 4.78 is 6.36. The van der Waals surface area contributed by atoms with Gasteiger partial charge in [0.15, 0.2) is 5.69 Å². The van der Waals surface area contributed by atoms with E-state index in [-0.39, 0.29) is 5.69 Å². The van der Waals surface area contributed by atoms with E-state index in [1.807, 2.05) is 23.8 Å². The lowest BCUT2D eigenvalue weighted by Gasteiger charge is -2.02. The number of aromatic nitrogens is 3. The highest BCUT2D eigenvalue weighted by molar-refractivity contribution is 7.08. The van der Waals surface area contributed by atoms with Gasteiger partial charge in [-0.3, -0.25) is 0 Å². The number of thiophene rings is 1. The molecule has 0 saturated heterocycles. The molecule has 3 aromatic heterocycles. The van der Waals surface area contributed by atoms with Crippen LogP contribution in [0.4, 0.5) is 0 Å². The van der Waals surface area contributed by atoms with Crippen molar-refractivity contribution in [1.29, 1.82) is 0 Å². The van der Waals surface area contributed by atoms with Crippen LogP contribution in [0.3, 0.4) is 0 Å². The number of nitrogens with zero attached hydrogens (tertiary/aromatic N) is 3. The number of hydrogen-bond donors (Lipinski definition) is 0. The van der Waals surface area contributed by atoms with Gasteiger partial charge >= 0.3 is 5.97 Å². The minimum atomic E-state index is -0.447. The summed E-state index contributed by atoms with van der Waals surface area (Å²) in [4.78, 5) is 16.1. The highest BCUT2D eigenvalue weighted by Crippen LogP contribution is 2.25. The van der Waals surface area contributed by atoms with E-state index in [0.717, 1.165) is 22.5 Å². The third kappa shape index (κ3) is 2.00. The molecule has 3 heterocycles. The molecule has 0 atom stereocenters. The molecule has 0 radical (unpaired) electrons. The van der Waals surface area contributed by atoms with Crippen molar-refractivity contribution in [2.24, 2.45) is 0 Å². The van der Waals surface area contributed by atoms with Crippen molar-refractivity contribution in [1.82, 2.24) is 14.6 Å². The van der Waals surface area contributed by atoms with Gasteiger partial charge in [-0.15, -0.1) is 0 Å². The first kappa shape index (κ1) is 11.9. The minimum Gasteiger partial charge on any atom is -0.464 e. The second-order valence-electron chi connectivity index (χ2n) is 4.09. The molecular formula is C13H11N3O2S. The summed E-state index contributed by atoms with van der Waals surface area (Å²) in [5, 5.41) is 8.23. The Kier molecular flexibility index (Phi) is 2.79. The molecule has 0 spiro atoms. The van der Waals surface area contributed by atoms with Crippen molar-refractivity contribution < 1.29 is 9.53 Å². The van der Waals surface area contributed by atoms with Crippen LogP contribution < -0.4 is 0 Å². The Hall–Kier alpha value is -2.21. The number of hydrogen-bond acceptors (Lipinski definition) is 5. The molecule has 3 rings (SSSR count). The van der Waals surface area contributed by atoms with E-state index in [0.29, 0.717) is 0 Å². The zero-order valence-electron chi connectivity index (χ0n) is 10.5. The van der Waals surface area contributed by atoms with Crippen LogP contribution in [0.5, 0.6) is 0 Å². The number of fused-ring (bicyclic) bond motifs is 1. The van der Waals surface area contributed by atoms with Crippen molar-refractivity contribution in [3.63, 3.8) is 0 Å². The molecule has 5 nitrogen and oxygen atoms in total. The van der Waals surface area contributed by atoms with Crippen LogP contribution >= 0.6 is 11.3 Å². The number of carbonyl (C=O) groups is 1. The second-order valence-corrected chi connectivity index (χ2v) is 4.87. The van der Waals surface area contributed by atoms with Crippen molar-refractivity contribution >= 4 is 22.8 Å². The molecule has 0 aliphatic carbocycles. The third-order valence-corrected chi connectivity index (χ3v) is 3.45. The fourth-order valence-corrected chi connectivity index (χ4v) is 2.57. The maximum atomic E-state index is 11.5. The van der Waals surface area contributed by atoms with Gasteiger partial charge in [0.05, 0.1) is 30.2 Å². The van der Waals surface area contributed by atoms with Gasteiger partial charge in [-0.25, -0.2) is 14.3 Å². The van der Waals surface area contributed by atoms with Crippen LogP contribution in [0, 0.1) is 6.92 Å². The Balaban J connectivity index is 2.27. The quantitative estimate of drug-likeness (QED) is 0.673. The Morgan fingerprint density at radius 2 is 2.32 bits per heavy atom. The number of aryl methyl sites for hydroxylation is 1. The predicted octanol–water partition coefficient (Wildman–Crippen LogP) is 2.55. The van der Waals surface area contributed by atoms with Gasteiger partial charge in [-0.05, 0) is 18.4 Å². The van der Waals surface area contributed by atoms with E-state index in [9.17, 15) is 4.79 Å². The molecule has 0 aliphatic rings. The van der Waals surface area contributed by atoms with E-state index in [2.05, 4.69) is 10.1 Å². The van der Waals surface area contributed by atoms with Gasteiger partial charge in [0.2, 0.25) is 0 Å². The largest absolute Gasteiger partial charge is 0.464 e. The zero-order valence-corrected chi connectivity index (χ0v) is 11.3. The molecule has 0 fully saturated rings. The SMILES string of the molecule is COC(=O)c1cc2c(-c3ccsc3)nc(C)cn2n1. The monoisotopic (exact) mass is 273 g/mol. The third-order valence-electron chi connectivity index (χ3n) is 2.76. The standard InChI is InChI=1S/C13H11N3O2S/c1-8-6-16-11(5-10(15-16)13(17)18-2)12(14-8)9-3-4-19-7-9/h3-7H,1-2H3. The number of methoxy groups -OCH3 is 1. The molecule has 0 N–H and O–H groups in total. The van der Waals surface area contributed by atoms with Gasteiger partial charge in [0, 0.05) is 17.0 Å². The smallest absolute Gasteiger partial charge is 0.358 e. The molecule has 3 aromatic rings. The maximum Gasteiger partial charge on any atom is 0.358 e. The highest BCUT2D eigenvalue weighted by Gasteiger charge is 2.15.